The van der Waals surface area contributed by atoms with E-state index in [1.54, 1.807) is 6.07 Å². The van der Waals surface area contributed by atoms with Gasteiger partial charge in [-0.3, -0.25) is 4.79 Å². The molecule has 2 amide bonds. The number of hydrogen-bond donors (Lipinski definition) is 2. The molecule has 1 aromatic heterocycles. The number of urea groups is 1. The second kappa shape index (κ2) is 13.2. The van der Waals surface area contributed by atoms with Crippen LogP contribution in [0.4, 0.5) is 14.9 Å². The number of hydrogen-bond acceptors (Lipinski definition) is 5. The third-order valence-electron chi connectivity index (χ3n) is 5.29. The summed E-state index contributed by atoms with van der Waals surface area (Å²) < 4.78 is 15.9. The summed E-state index contributed by atoms with van der Waals surface area (Å²) in [5, 5.41) is 27.8. The summed E-state index contributed by atoms with van der Waals surface area (Å²) in [6.45, 7) is 3.80. The average Bonchev–Trinajstić information content (AvgIpc) is 2.74. The van der Waals surface area contributed by atoms with Crippen LogP contribution < -0.4 is 85.5 Å². The summed E-state index contributed by atoms with van der Waals surface area (Å²) in [5.74, 6) is -2.96. The number of amides is 2. The first kappa shape index (κ1) is 30.9. The molecule has 35 heavy (non-hydrogen) atoms. The van der Waals surface area contributed by atoms with Crippen molar-refractivity contribution in [2.75, 3.05) is 5.32 Å². The largest absolute Gasteiger partial charge is 1.00 e. The Balaban J connectivity index is 0.00000306. The van der Waals surface area contributed by atoms with Gasteiger partial charge in [0, 0.05) is 31.2 Å². The van der Waals surface area contributed by atoms with Crippen LogP contribution in [0, 0.1) is 19.7 Å². The van der Waals surface area contributed by atoms with E-state index in [9.17, 15) is 29.0 Å². The molecule has 0 fully saturated rings. The Morgan fingerprint density at radius 2 is 1.71 bits per heavy atom. The van der Waals surface area contributed by atoms with Crippen LogP contribution in [0.2, 0.25) is 0 Å². The maximum Gasteiger partial charge on any atom is 1.00 e. The van der Waals surface area contributed by atoms with Gasteiger partial charge >= 0.3 is 65.1 Å². The van der Waals surface area contributed by atoms with Crippen molar-refractivity contribution >= 4 is 17.7 Å². The molecule has 0 bridgehead atoms. The third-order valence-corrected chi connectivity index (χ3v) is 5.29. The molecule has 3 aromatic rings. The van der Waals surface area contributed by atoms with E-state index in [0.29, 0.717) is 5.56 Å². The summed E-state index contributed by atoms with van der Waals surface area (Å²) >= 11 is 0. The zero-order valence-electron chi connectivity index (χ0n) is 20.3. The van der Waals surface area contributed by atoms with Gasteiger partial charge in [-0.2, -0.15) is 0 Å². The number of carboxylic acid groups (broad SMARTS) is 1. The zero-order chi connectivity index (χ0) is 24.3. The number of nitrogens with one attached hydrogen (secondary N) is 2. The normalized spacial score (nSPS) is 11.0. The van der Waals surface area contributed by atoms with E-state index in [0.717, 1.165) is 27.3 Å². The van der Waals surface area contributed by atoms with Crippen molar-refractivity contribution in [3.63, 3.8) is 0 Å². The maximum atomic E-state index is 14.8. The smallest absolute Gasteiger partial charge is 0.871 e. The molecule has 1 atom stereocenters. The van der Waals surface area contributed by atoms with Gasteiger partial charge in [0.25, 0.3) is 5.56 Å². The van der Waals surface area contributed by atoms with E-state index in [1.165, 1.54) is 25.4 Å². The fourth-order valence-electron chi connectivity index (χ4n) is 3.68. The van der Waals surface area contributed by atoms with Crippen LogP contribution in [-0.2, 0) is 11.8 Å². The molecule has 2 N–H and O–H groups in total. The number of carbonyl (C=O) groups excluding carboxylic acids is 2. The molecular weight excluding hydrogens is 475 g/mol. The van der Waals surface area contributed by atoms with Gasteiger partial charge < -0.3 is 30.2 Å². The first-order chi connectivity index (χ1) is 15.6. The number of rotatable bonds is 6. The summed E-state index contributed by atoms with van der Waals surface area (Å²) in [4.78, 5) is 36.0. The number of carboxylic acids is 1. The fourth-order valence-corrected chi connectivity index (χ4v) is 3.68. The van der Waals surface area contributed by atoms with Crippen molar-refractivity contribution in [1.29, 1.82) is 0 Å². The number of aliphatic carboxylic acids is 1. The van der Waals surface area contributed by atoms with Crippen molar-refractivity contribution in [2.24, 2.45) is 7.05 Å². The van der Waals surface area contributed by atoms with Gasteiger partial charge in [-0.05, 0) is 48.2 Å². The molecule has 0 saturated heterocycles. The number of halogens is 1. The van der Waals surface area contributed by atoms with E-state index in [4.69, 9.17) is 0 Å². The van der Waals surface area contributed by atoms with E-state index >= 15 is 0 Å². The topological polar surface area (TPSA) is 126 Å². The Labute approximate surface area is 246 Å². The SMILES string of the molecule is Cc1cccc(C)c1-c1ccc(F)c([C@H](CC(=O)[O-])NC(=O)Nc2c([O-])ccn(C)c2=O)c1.[Na+].[Na+]. The molecule has 0 aliphatic heterocycles. The molecular formula is C24H22FN3Na2O5. The minimum atomic E-state index is -1.52. The van der Waals surface area contributed by atoms with Crippen molar-refractivity contribution in [2.45, 2.75) is 26.3 Å². The number of aromatic nitrogens is 1. The van der Waals surface area contributed by atoms with Crippen molar-refractivity contribution in [3.8, 4) is 16.9 Å². The van der Waals surface area contributed by atoms with Gasteiger partial charge in [0.2, 0.25) is 0 Å². The van der Waals surface area contributed by atoms with Crippen LogP contribution in [0.5, 0.6) is 5.75 Å². The number of pyridine rings is 1. The summed E-state index contributed by atoms with van der Waals surface area (Å²) in [7, 11) is 1.40. The molecule has 0 spiro atoms. The number of benzene rings is 2. The molecule has 8 nitrogen and oxygen atoms in total. The van der Waals surface area contributed by atoms with Crippen LogP contribution >= 0.6 is 0 Å². The first-order valence-corrected chi connectivity index (χ1v) is 10.1. The summed E-state index contributed by atoms with van der Waals surface area (Å²) in [6, 6.07) is 8.68. The number of anilines is 1. The van der Waals surface area contributed by atoms with E-state index in [1.807, 2.05) is 32.0 Å². The van der Waals surface area contributed by atoms with Crippen molar-refractivity contribution < 1.29 is 83.3 Å². The van der Waals surface area contributed by atoms with Gasteiger partial charge in [0.1, 0.15) is 11.5 Å². The van der Waals surface area contributed by atoms with Crippen LogP contribution in [0.3, 0.4) is 0 Å². The second-order valence-corrected chi connectivity index (χ2v) is 7.70. The molecule has 0 aliphatic carbocycles. The summed E-state index contributed by atoms with van der Waals surface area (Å²) in [5.41, 5.74) is 2.07. The minimum Gasteiger partial charge on any atom is -0.871 e. The van der Waals surface area contributed by atoms with E-state index < -0.39 is 47.3 Å². The van der Waals surface area contributed by atoms with E-state index in [-0.39, 0.29) is 64.7 Å². The van der Waals surface area contributed by atoms with Gasteiger partial charge in [-0.15, -0.1) is 0 Å². The van der Waals surface area contributed by atoms with Gasteiger partial charge in [0.15, 0.2) is 0 Å². The quantitative estimate of drug-likeness (QED) is 0.335. The molecule has 0 radical (unpaired) electrons. The molecule has 0 aliphatic rings. The molecule has 3 rings (SSSR count). The van der Waals surface area contributed by atoms with Gasteiger partial charge in [0.05, 0.1) is 6.04 Å². The minimum absolute atomic E-state index is 0. The molecule has 0 saturated carbocycles. The Morgan fingerprint density at radius 3 is 2.31 bits per heavy atom. The van der Waals surface area contributed by atoms with Crippen LogP contribution in [0.15, 0.2) is 53.5 Å². The monoisotopic (exact) mass is 497 g/mol. The maximum absolute atomic E-state index is 14.8. The molecule has 2 aromatic carbocycles. The second-order valence-electron chi connectivity index (χ2n) is 7.70. The van der Waals surface area contributed by atoms with E-state index in [2.05, 4.69) is 10.6 Å². The number of aryl methyl sites for hydroxylation is 3. The standard InChI is InChI=1S/C24H24FN3O5.2Na/c1-13-5-4-6-14(2)21(13)15-7-8-17(25)16(11-15)18(12-20(30)31)26-24(33)27-22-19(29)9-10-28(3)23(22)32;;/h4-11,18,29H,12H2,1-3H3,(H,30,31)(H2,26,27,33);;/q;2*+1/p-2/t18-;;/m0../s1. The predicted octanol–water partition coefficient (Wildman–Crippen LogP) is -4.11. The predicted molar refractivity (Wildman–Crippen MR) is 117 cm³/mol. The Bertz CT molecular complexity index is 1280. The number of carbonyl (C=O) groups is 2. The number of nitrogens with zero attached hydrogens (tertiary/aromatic N) is 1. The molecule has 11 heteroatoms. The molecule has 172 valence electrons. The van der Waals surface area contributed by atoms with Crippen LogP contribution in [0.1, 0.15) is 29.2 Å². The zero-order valence-corrected chi connectivity index (χ0v) is 24.3. The third kappa shape index (κ3) is 7.42. The first-order valence-electron chi connectivity index (χ1n) is 10.1. The average molecular weight is 497 g/mol. The van der Waals surface area contributed by atoms with Crippen molar-refractivity contribution in [3.05, 3.63) is 81.5 Å². The van der Waals surface area contributed by atoms with Crippen LogP contribution in [0.25, 0.3) is 11.1 Å². The van der Waals surface area contributed by atoms with Crippen LogP contribution in [-0.4, -0.2) is 16.6 Å². The Morgan fingerprint density at radius 1 is 1.09 bits per heavy atom. The Kier molecular flexibility index (Phi) is 11.7. The molecule has 1 heterocycles. The van der Waals surface area contributed by atoms with Gasteiger partial charge in [-0.25, -0.2) is 9.18 Å². The van der Waals surface area contributed by atoms with Gasteiger partial charge in [-0.1, -0.05) is 36.1 Å². The summed E-state index contributed by atoms with van der Waals surface area (Å²) in [6.07, 6.45) is 0.526. The Hall–Kier alpha value is -2.14. The molecule has 0 unspecified atom stereocenters. The fraction of sp³-hybridized carbons (Fsp3) is 0.208. The van der Waals surface area contributed by atoms with Crippen molar-refractivity contribution in [1.82, 2.24) is 9.88 Å².